The zero-order valence-corrected chi connectivity index (χ0v) is 18.5. The van der Waals surface area contributed by atoms with E-state index in [2.05, 4.69) is 10.4 Å². The van der Waals surface area contributed by atoms with Gasteiger partial charge in [0.1, 0.15) is 0 Å². The molecule has 2 aromatic carbocycles. The van der Waals surface area contributed by atoms with E-state index in [0.717, 1.165) is 5.56 Å². The summed E-state index contributed by atoms with van der Waals surface area (Å²) in [4.78, 5) is 39.6. The fourth-order valence-corrected chi connectivity index (χ4v) is 3.19. The van der Waals surface area contributed by atoms with Crippen LogP contribution in [0.1, 0.15) is 60.1 Å². The summed E-state index contributed by atoms with van der Waals surface area (Å²) in [5, 5.41) is 8.19. The van der Waals surface area contributed by atoms with Crippen LogP contribution in [0.2, 0.25) is 0 Å². The molecular formula is C24H28N4O3. The molecule has 1 N–H and O–H groups in total. The normalized spacial score (nSPS) is 11.2. The second kappa shape index (κ2) is 9.12. The lowest BCUT2D eigenvalue weighted by molar-refractivity contribution is 0.0754. The van der Waals surface area contributed by atoms with E-state index in [4.69, 9.17) is 0 Å². The Kier molecular flexibility index (Phi) is 6.53. The highest BCUT2D eigenvalue weighted by Crippen LogP contribution is 2.15. The van der Waals surface area contributed by atoms with Gasteiger partial charge >= 0.3 is 0 Å². The minimum atomic E-state index is -0.356. The van der Waals surface area contributed by atoms with Gasteiger partial charge in [-0.25, -0.2) is 4.68 Å². The molecule has 0 spiro atoms. The molecule has 0 saturated heterocycles. The molecule has 162 valence electrons. The maximum absolute atomic E-state index is 12.9. The van der Waals surface area contributed by atoms with Crippen molar-refractivity contribution in [2.45, 2.75) is 46.3 Å². The number of fused-ring (bicyclic) bond motifs is 1. The number of nitrogens with zero attached hydrogens (tertiary/aromatic N) is 3. The number of carbonyl (C=O) groups excluding carboxylic acids is 2. The SMILES string of the molecule is CC(C)N(C)C(=O)c1ccc(CNC(=O)c2nn(C(C)C)c(=O)c3ccccc23)cc1. The van der Waals surface area contributed by atoms with Crippen molar-refractivity contribution in [3.8, 4) is 0 Å². The lowest BCUT2D eigenvalue weighted by Gasteiger charge is -2.21. The van der Waals surface area contributed by atoms with Gasteiger partial charge in [-0.05, 0) is 51.5 Å². The predicted octanol–water partition coefficient (Wildman–Crippen LogP) is 3.39. The summed E-state index contributed by atoms with van der Waals surface area (Å²) >= 11 is 0. The van der Waals surface area contributed by atoms with Crippen LogP contribution in [0.15, 0.2) is 53.3 Å². The van der Waals surface area contributed by atoms with Crippen LogP contribution in [-0.2, 0) is 6.54 Å². The molecule has 2 amide bonds. The van der Waals surface area contributed by atoms with Crippen LogP contribution in [0.3, 0.4) is 0 Å². The summed E-state index contributed by atoms with van der Waals surface area (Å²) in [6.07, 6.45) is 0. The van der Waals surface area contributed by atoms with Gasteiger partial charge in [0.05, 0.1) is 11.4 Å². The van der Waals surface area contributed by atoms with Gasteiger partial charge in [-0.15, -0.1) is 0 Å². The molecule has 0 aliphatic heterocycles. The van der Waals surface area contributed by atoms with Gasteiger partial charge in [0.25, 0.3) is 17.4 Å². The summed E-state index contributed by atoms with van der Waals surface area (Å²) in [6, 6.07) is 14.1. The molecule has 0 fully saturated rings. The Hall–Kier alpha value is -3.48. The summed E-state index contributed by atoms with van der Waals surface area (Å²) in [5.74, 6) is -0.400. The summed E-state index contributed by atoms with van der Waals surface area (Å²) in [5.41, 5.74) is 1.46. The molecule has 1 heterocycles. The quantitative estimate of drug-likeness (QED) is 0.663. The van der Waals surface area contributed by atoms with Crippen LogP contribution in [0, 0.1) is 0 Å². The maximum Gasteiger partial charge on any atom is 0.274 e. The van der Waals surface area contributed by atoms with Crippen molar-refractivity contribution in [3.63, 3.8) is 0 Å². The van der Waals surface area contributed by atoms with Crippen LogP contribution in [0.5, 0.6) is 0 Å². The smallest absolute Gasteiger partial charge is 0.274 e. The van der Waals surface area contributed by atoms with E-state index < -0.39 is 0 Å². The largest absolute Gasteiger partial charge is 0.347 e. The molecule has 0 aliphatic carbocycles. The molecule has 0 saturated carbocycles. The second-order valence-electron chi connectivity index (χ2n) is 8.13. The van der Waals surface area contributed by atoms with Crippen LogP contribution in [0.25, 0.3) is 10.8 Å². The second-order valence-corrected chi connectivity index (χ2v) is 8.13. The van der Waals surface area contributed by atoms with E-state index in [0.29, 0.717) is 16.3 Å². The first-order valence-electron chi connectivity index (χ1n) is 10.4. The van der Waals surface area contributed by atoms with Gasteiger partial charge in [-0.1, -0.05) is 30.3 Å². The minimum Gasteiger partial charge on any atom is -0.347 e. The first kappa shape index (κ1) is 22.2. The lowest BCUT2D eigenvalue weighted by atomic mass is 10.1. The third-order valence-electron chi connectivity index (χ3n) is 5.28. The van der Waals surface area contributed by atoms with E-state index in [1.165, 1.54) is 4.68 Å². The number of amides is 2. The van der Waals surface area contributed by atoms with E-state index in [-0.39, 0.29) is 41.7 Å². The molecule has 0 bridgehead atoms. The maximum atomic E-state index is 12.9. The summed E-state index contributed by atoms with van der Waals surface area (Å²) < 4.78 is 1.34. The minimum absolute atomic E-state index is 0.0443. The third-order valence-corrected chi connectivity index (χ3v) is 5.28. The standard InChI is InChI=1S/C24H28N4O3/c1-15(2)27(5)23(30)18-12-10-17(11-13-18)14-25-22(29)21-19-8-6-7-9-20(19)24(31)28(26-21)16(3)4/h6-13,15-16H,14H2,1-5H3,(H,25,29). The molecule has 3 rings (SSSR count). The Labute approximate surface area is 181 Å². The van der Waals surface area contributed by atoms with Gasteiger partial charge in [0, 0.05) is 30.6 Å². The third kappa shape index (κ3) is 4.66. The molecule has 7 nitrogen and oxygen atoms in total. The average Bonchev–Trinajstić information content (AvgIpc) is 2.77. The van der Waals surface area contributed by atoms with Gasteiger partial charge in [-0.2, -0.15) is 5.10 Å². The highest BCUT2D eigenvalue weighted by atomic mass is 16.2. The number of carbonyl (C=O) groups is 2. The number of rotatable bonds is 6. The van der Waals surface area contributed by atoms with Gasteiger partial charge in [-0.3, -0.25) is 14.4 Å². The van der Waals surface area contributed by atoms with Crippen molar-refractivity contribution in [1.82, 2.24) is 20.0 Å². The highest BCUT2D eigenvalue weighted by molar-refractivity contribution is 6.04. The number of hydrogen-bond donors (Lipinski definition) is 1. The van der Waals surface area contributed by atoms with Gasteiger partial charge in [0.2, 0.25) is 0 Å². The Morgan fingerprint density at radius 1 is 1.00 bits per heavy atom. The number of hydrogen-bond acceptors (Lipinski definition) is 4. The number of aromatic nitrogens is 2. The first-order chi connectivity index (χ1) is 14.7. The predicted molar refractivity (Wildman–Crippen MR) is 121 cm³/mol. The molecule has 0 radical (unpaired) electrons. The van der Waals surface area contributed by atoms with Gasteiger partial charge < -0.3 is 10.2 Å². The summed E-state index contributed by atoms with van der Waals surface area (Å²) in [7, 11) is 1.77. The van der Waals surface area contributed by atoms with Crippen LogP contribution >= 0.6 is 0 Å². The Morgan fingerprint density at radius 3 is 2.19 bits per heavy atom. The molecule has 7 heteroatoms. The first-order valence-corrected chi connectivity index (χ1v) is 10.4. The zero-order chi connectivity index (χ0) is 22.7. The van der Waals surface area contributed by atoms with Crippen molar-refractivity contribution < 1.29 is 9.59 Å². The highest BCUT2D eigenvalue weighted by Gasteiger charge is 2.18. The van der Waals surface area contributed by atoms with Crippen molar-refractivity contribution in [1.29, 1.82) is 0 Å². The fourth-order valence-electron chi connectivity index (χ4n) is 3.19. The average molecular weight is 421 g/mol. The topological polar surface area (TPSA) is 84.3 Å². The van der Waals surface area contributed by atoms with E-state index >= 15 is 0 Å². The molecule has 0 aliphatic rings. The number of nitrogens with one attached hydrogen (secondary N) is 1. The Bertz CT molecular complexity index is 1160. The summed E-state index contributed by atoms with van der Waals surface area (Å²) in [6.45, 7) is 7.91. The fraction of sp³-hybridized carbons (Fsp3) is 0.333. The van der Waals surface area contributed by atoms with Crippen LogP contribution in [-0.4, -0.2) is 39.6 Å². The molecule has 0 atom stereocenters. The molecule has 31 heavy (non-hydrogen) atoms. The molecule has 3 aromatic rings. The van der Waals surface area contributed by atoms with Crippen molar-refractivity contribution in [2.75, 3.05) is 7.05 Å². The molecule has 1 aromatic heterocycles. The van der Waals surface area contributed by atoms with Crippen molar-refractivity contribution in [3.05, 3.63) is 75.7 Å². The van der Waals surface area contributed by atoms with E-state index in [9.17, 15) is 14.4 Å². The van der Waals surface area contributed by atoms with Crippen molar-refractivity contribution >= 4 is 22.6 Å². The number of benzene rings is 2. The van der Waals surface area contributed by atoms with Gasteiger partial charge in [0.15, 0.2) is 5.69 Å². The monoisotopic (exact) mass is 420 g/mol. The molecule has 0 unspecified atom stereocenters. The van der Waals surface area contributed by atoms with Crippen molar-refractivity contribution in [2.24, 2.45) is 0 Å². The van der Waals surface area contributed by atoms with Crippen LogP contribution < -0.4 is 10.9 Å². The Balaban J connectivity index is 1.80. The Morgan fingerprint density at radius 2 is 1.61 bits per heavy atom. The van der Waals surface area contributed by atoms with E-state index in [1.807, 2.05) is 39.8 Å². The van der Waals surface area contributed by atoms with Crippen LogP contribution in [0.4, 0.5) is 0 Å². The lowest BCUT2D eigenvalue weighted by Crippen LogP contribution is -2.33. The molecular weight excluding hydrogens is 392 g/mol. The van der Waals surface area contributed by atoms with E-state index in [1.54, 1.807) is 48.3 Å². The zero-order valence-electron chi connectivity index (χ0n) is 18.5.